The molecule has 1 aliphatic rings. The molecule has 1 aromatic rings. The molecule has 2 atom stereocenters. The summed E-state index contributed by atoms with van der Waals surface area (Å²) in [6.07, 6.45) is 3.78. The average molecular weight is 770 g/mol. The van der Waals surface area contributed by atoms with Crippen molar-refractivity contribution in [2.24, 2.45) is 16.2 Å². The van der Waals surface area contributed by atoms with E-state index in [2.05, 4.69) is 59.2 Å². The van der Waals surface area contributed by atoms with Crippen molar-refractivity contribution in [2.45, 2.75) is 56.4 Å². The van der Waals surface area contributed by atoms with Gasteiger partial charge in [-0.15, -0.1) is 0 Å². The third kappa shape index (κ3) is 16.1. The fraction of sp³-hybridized carbons (Fsp3) is 0.531. The molecule has 1 saturated carbocycles. The van der Waals surface area contributed by atoms with Crippen LogP contribution in [0.15, 0.2) is 48.3 Å². The number of nitrogens with zero attached hydrogens (tertiary/aromatic N) is 2. The van der Waals surface area contributed by atoms with Gasteiger partial charge in [0, 0.05) is 30.8 Å². The lowest BCUT2D eigenvalue weighted by atomic mass is 9.62. The Hall–Kier alpha value is -4.23. The van der Waals surface area contributed by atoms with Gasteiger partial charge in [-0.3, -0.25) is 9.59 Å². The standard InChI is InChI=1S/C32H43N5O11S3/c1-7-23(41)45-16-32(17-46-24(42)8-2,18-47-25(43)9-3)19-48-29(44)34-20-10-30(4,5)14-31(6,11-20)15-33-21(38)12-50-27-35-26(49)36-28(37-27)51-13-22(39)40/h7-9,20H,1-3,10-19H2,4-6H3,(H,33,38)(H,34,44)(H,39,40)(H,35,36,37,49). The minimum Gasteiger partial charge on any atom is -0.481 e. The molecule has 4 N–H and O–H groups in total. The zero-order valence-electron chi connectivity index (χ0n) is 28.7. The number of aromatic amines is 1. The molecule has 0 radical (unpaired) electrons. The van der Waals surface area contributed by atoms with Gasteiger partial charge in [0.2, 0.25) is 10.7 Å². The van der Waals surface area contributed by atoms with Gasteiger partial charge in [0.05, 0.1) is 11.5 Å². The van der Waals surface area contributed by atoms with Crippen molar-refractivity contribution >= 4 is 71.6 Å². The molecule has 1 aromatic heterocycles. The van der Waals surface area contributed by atoms with E-state index in [-0.39, 0.29) is 44.0 Å². The van der Waals surface area contributed by atoms with Crippen LogP contribution in [-0.2, 0) is 42.9 Å². The highest BCUT2D eigenvalue weighted by Crippen LogP contribution is 2.45. The van der Waals surface area contributed by atoms with Gasteiger partial charge < -0.3 is 39.7 Å². The second-order valence-corrected chi connectivity index (χ2v) is 15.2. The zero-order valence-corrected chi connectivity index (χ0v) is 31.1. The summed E-state index contributed by atoms with van der Waals surface area (Å²) in [6.45, 7) is 14.6. The highest BCUT2D eigenvalue weighted by atomic mass is 32.2. The van der Waals surface area contributed by atoms with Crippen LogP contribution in [0.5, 0.6) is 0 Å². The highest BCUT2D eigenvalue weighted by molar-refractivity contribution is 8.00. The van der Waals surface area contributed by atoms with Crippen LogP contribution in [0.4, 0.5) is 4.79 Å². The number of carboxylic acids is 1. The van der Waals surface area contributed by atoms with E-state index in [9.17, 15) is 28.8 Å². The summed E-state index contributed by atoms with van der Waals surface area (Å²) in [4.78, 5) is 83.5. The summed E-state index contributed by atoms with van der Waals surface area (Å²) in [5, 5.41) is 15.2. The molecule has 0 saturated heterocycles. The van der Waals surface area contributed by atoms with E-state index < -0.39 is 67.2 Å². The number of rotatable bonds is 20. The van der Waals surface area contributed by atoms with E-state index in [0.717, 1.165) is 48.2 Å². The molecule has 1 heterocycles. The van der Waals surface area contributed by atoms with Crippen LogP contribution in [0.1, 0.15) is 40.0 Å². The topological polar surface area (TPSA) is 225 Å². The highest BCUT2D eigenvalue weighted by Gasteiger charge is 2.43. The van der Waals surface area contributed by atoms with Gasteiger partial charge in [-0.2, -0.15) is 9.97 Å². The number of hydrogen-bond acceptors (Lipinski definition) is 15. The van der Waals surface area contributed by atoms with Gasteiger partial charge in [-0.25, -0.2) is 19.2 Å². The molecule has 0 spiro atoms. The Balaban J connectivity index is 2.06. The first-order chi connectivity index (χ1) is 23.9. The number of carbonyl (C=O) groups excluding carboxylic acids is 5. The Morgan fingerprint density at radius 3 is 1.98 bits per heavy atom. The van der Waals surface area contributed by atoms with E-state index in [1.54, 1.807) is 0 Å². The van der Waals surface area contributed by atoms with Crippen molar-refractivity contribution in [1.29, 1.82) is 0 Å². The predicted octanol–water partition coefficient (Wildman–Crippen LogP) is 3.40. The molecule has 51 heavy (non-hydrogen) atoms. The maximum absolute atomic E-state index is 13.1. The number of alkyl carbamates (subject to hydrolysis) is 1. The number of hydrogen-bond donors (Lipinski definition) is 4. The molecule has 2 unspecified atom stereocenters. The van der Waals surface area contributed by atoms with E-state index in [4.69, 9.17) is 36.3 Å². The first kappa shape index (κ1) is 42.9. The fourth-order valence-electron chi connectivity index (χ4n) is 5.50. The summed E-state index contributed by atoms with van der Waals surface area (Å²) in [6, 6.07) is -0.358. The minimum atomic E-state index is -1.48. The number of esters is 3. The van der Waals surface area contributed by atoms with Crippen LogP contribution in [0.25, 0.3) is 0 Å². The minimum absolute atomic E-state index is 0.0105. The Labute approximate surface area is 309 Å². The van der Waals surface area contributed by atoms with Crippen LogP contribution in [-0.4, -0.2) is 106 Å². The lowest BCUT2D eigenvalue weighted by Gasteiger charge is -2.46. The van der Waals surface area contributed by atoms with E-state index in [0.29, 0.717) is 19.4 Å². The number of carboxylic acid groups (broad SMARTS) is 1. The van der Waals surface area contributed by atoms with Crippen molar-refractivity contribution in [1.82, 2.24) is 25.6 Å². The summed E-state index contributed by atoms with van der Waals surface area (Å²) in [7, 11) is 0. The molecule has 2 rings (SSSR count). The fourth-order valence-corrected chi connectivity index (χ4v) is 7.12. The number of carbonyl (C=O) groups is 6. The monoisotopic (exact) mass is 769 g/mol. The Kier molecular flexibility index (Phi) is 16.8. The van der Waals surface area contributed by atoms with Gasteiger partial charge >= 0.3 is 30.0 Å². The van der Waals surface area contributed by atoms with Gasteiger partial charge in [0.15, 0.2) is 10.3 Å². The summed E-state index contributed by atoms with van der Waals surface area (Å²) in [5.74, 6) is -3.93. The quantitative estimate of drug-likeness (QED) is 0.0490. The molecule has 280 valence electrons. The number of H-pyrrole nitrogens is 1. The Bertz CT molecular complexity index is 1490. The zero-order chi connectivity index (χ0) is 38.2. The van der Waals surface area contributed by atoms with Gasteiger partial charge in [0.1, 0.15) is 31.8 Å². The molecule has 1 aliphatic carbocycles. The molecular formula is C32H43N5O11S3. The lowest BCUT2D eigenvalue weighted by Crippen LogP contribution is -2.51. The average Bonchev–Trinajstić information content (AvgIpc) is 3.06. The first-order valence-corrected chi connectivity index (χ1v) is 17.8. The van der Waals surface area contributed by atoms with Crippen molar-refractivity contribution in [3.8, 4) is 0 Å². The molecule has 0 aromatic carbocycles. The summed E-state index contributed by atoms with van der Waals surface area (Å²) in [5.41, 5.74) is -2.14. The molecular weight excluding hydrogens is 727 g/mol. The second kappa shape index (κ2) is 20.0. The van der Waals surface area contributed by atoms with E-state index >= 15 is 0 Å². The van der Waals surface area contributed by atoms with Crippen molar-refractivity contribution < 1.29 is 52.8 Å². The van der Waals surface area contributed by atoms with Crippen molar-refractivity contribution in [2.75, 3.05) is 44.5 Å². The number of thioether (sulfide) groups is 2. The van der Waals surface area contributed by atoms with Crippen molar-refractivity contribution in [3.05, 3.63) is 42.7 Å². The van der Waals surface area contributed by atoms with Gasteiger partial charge in [0.25, 0.3) is 0 Å². The van der Waals surface area contributed by atoms with Crippen LogP contribution < -0.4 is 10.6 Å². The van der Waals surface area contributed by atoms with Gasteiger partial charge in [-0.05, 0) is 42.3 Å². The number of aromatic nitrogens is 3. The Morgan fingerprint density at radius 2 is 1.45 bits per heavy atom. The maximum atomic E-state index is 13.1. The third-order valence-electron chi connectivity index (χ3n) is 7.32. The van der Waals surface area contributed by atoms with Gasteiger partial charge in [-0.1, -0.05) is 64.0 Å². The molecule has 0 aliphatic heterocycles. The second-order valence-electron chi connectivity index (χ2n) is 12.9. The third-order valence-corrected chi connectivity index (χ3v) is 9.22. The lowest BCUT2D eigenvalue weighted by molar-refractivity contribution is -0.159. The number of aliphatic carboxylic acids is 1. The number of nitrogens with one attached hydrogen (secondary N) is 3. The van der Waals surface area contributed by atoms with Crippen LogP contribution in [0, 0.1) is 21.0 Å². The molecule has 0 bridgehead atoms. The number of ether oxygens (including phenoxy) is 4. The maximum Gasteiger partial charge on any atom is 0.407 e. The van der Waals surface area contributed by atoms with Crippen LogP contribution in [0.2, 0.25) is 0 Å². The molecule has 19 heteroatoms. The van der Waals surface area contributed by atoms with E-state index in [1.165, 1.54) is 0 Å². The van der Waals surface area contributed by atoms with E-state index in [1.807, 2.05) is 6.92 Å². The summed E-state index contributed by atoms with van der Waals surface area (Å²) >= 11 is 7.10. The Morgan fingerprint density at radius 1 is 0.902 bits per heavy atom. The van der Waals surface area contributed by atoms with Crippen LogP contribution in [0.3, 0.4) is 0 Å². The normalized spacial score (nSPS) is 17.9. The molecule has 2 amide bonds. The SMILES string of the molecule is C=CC(=O)OCC(COC(=O)C=C)(COC(=O)C=C)COC(=O)NC1CC(C)(C)CC(C)(CNC(=O)CSc2nc(SCC(=O)O)[nH]c(=S)n2)C1. The predicted molar refractivity (Wildman–Crippen MR) is 189 cm³/mol. The number of amides is 2. The molecule has 16 nitrogen and oxygen atoms in total. The first-order valence-electron chi connectivity index (χ1n) is 15.4. The smallest absolute Gasteiger partial charge is 0.407 e. The van der Waals surface area contributed by atoms with Crippen molar-refractivity contribution in [3.63, 3.8) is 0 Å². The van der Waals surface area contributed by atoms with Crippen LogP contribution >= 0.6 is 35.7 Å². The summed E-state index contributed by atoms with van der Waals surface area (Å²) < 4.78 is 21.2. The largest absolute Gasteiger partial charge is 0.481 e. The molecule has 1 fully saturated rings.